The molecular formula is C15H10F7N. The Morgan fingerprint density at radius 1 is 0.913 bits per heavy atom. The Hall–Kier alpha value is -2.12. The zero-order valence-corrected chi connectivity index (χ0v) is 11.9. The predicted molar refractivity (Wildman–Crippen MR) is 68.6 cm³/mol. The normalized spacial score (nSPS) is 12.1. The topological polar surface area (TPSA) is 12.9 Å². The molecule has 0 N–H and O–H groups in total. The van der Waals surface area contributed by atoms with Crippen LogP contribution in [0.4, 0.5) is 30.7 Å². The van der Waals surface area contributed by atoms with Crippen LogP contribution in [-0.2, 0) is 6.18 Å². The molecule has 0 saturated carbocycles. The van der Waals surface area contributed by atoms with Crippen LogP contribution in [0.3, 0.4) is 0 Å². The Labute approximate surface area is 126 Å². The first-order valence-electron chi connectivity index (χ1n) is 6.45. The minimum Gasteiger partial charge on any atom is -0.201 e. The van der Waals surface area contributed by atoms with Gasteiger partial charge >= 0.3 is 6.18 Å². The minimum absolute atomic E-state index is 0.261. The summed E-state index contributed by atoms with van der Waals surface area (Å²) in [5.41, 5.74) is -3.54. The summed E-state index contributed by atoms with van der Waals surface area (Å²) in [7, 11) is 0. The number of nitrogens with zero attached hydrogens (tertiary/aromatic N) is 1. The van der Waals surface area contributed by atoms with E-state index >= 15 is 0 Å². The summed E-state index contributed by atoms with van der Waals surface area (Å²) >= 11 is 0. The molecule has 0 unspecified atom stereocenters. The Kier molecular flexibility index (Phi) is 4.37. The second kappa shape index (κ2) is 5.82. The third kappa shape index (κ3) is 3.16. The lowest BCUT2D eigenvalue weighted by molar-refractivity contribution is -0.137. The average molecular weight is 337 g/mol. The summed E-state index contributed by atoms with van der Waals surface area (Å²) in [6.45, 7) is 3.25. The first-order valence-corrected chi connectivity index (χ1v) is 6.45. The Morgan fingerprint density at radius 2 is 1.43 bits per heavy atom. The second-order valence-corrected chi connectivity index (χ2v) is 5.15. The molecule has 0 aliphatic carbocycles. The smallest absolute Gasteiger partial charge is 0.201 e. The molecule has 0 aliphatic heterocycles. The standard InChI is InChI=1S/C15H10F7N/c1-6(2)7-3-4-8(9(5-7)15(20,21)22)10-11(16)13(18)23-14(19)12(10)17/h3-6H,1-2H3. The van der Waals surface area contributed by atoms with Gasteiger partial charge in [0.2, 0.25) is 0 Å². The molecule has 1 nitrogen and oxygen atoms in total. The second-order valence-electron chi connectivity index (χ2n) is 5.15. The molecule has 0 radical (unpaired) electrons. The number of halogens is 7. The first kappa shape index (κ1) is 17.2. The maximum atomic E-state index is 13.7. The number of rotatable bonds is 2. The lowest BCUT2D eigenvalue weighted by Crippen LogP contribution is -2.11. The fourth-order valence-corrected chi connectivity index (χ4v) is 2.10. The predicted octanol–water partition coefficient (Wildman–Crippen LogP) is 5.45. The molecule has 0 spiro atoms. The van der Waals surface area contributed by atoms with Gasteiger partial charge in [-0.25, -0.2) is 8.78 Å². The average Bonchev–Trinajstić information content (AvgIpc) is 2.44. The van der Waals surface area contributed by atoms with Gasteiger partial charge in [0.1, 0.15) is 0 Å². The fraction of sp³-hybridized carbons (Fsp3) is 0.267. The summed E-state index contributed by atoms with van der Waals surface area (Å²) in [4.78, 5) is 2.33. The van der Waals surface area contributed by atoms with Crippen molar-refractivity contribution in [1.29, 1.82) is 0 Å². The van der Waals surface area contributed by atoms with Crippen LogP contribution in [0.2, 0.25) is 0 Å². The molecule has 1 aromatic heterocycles. The summed E-state index contributed by atoms with van der Waals surface area (Å²) in [6, 6.07) is 2.71. The molecule has 1 aromatic carbocycles. The highest BCUT2D eigenvalue weighted by Gasteiger charge is 2.36. The van der Waals surface area contributed by atoms with Gasteiger partial charge in [0.15, 0.2) is 11.6 Å². The number of pyridine rings is 1. The van der Waals surface area contributed by atoms with Gasteiger partial charge in [-0.05, 0) is 17.5 Å². The van der Waals surface area contributed by atoms with Crippen molar-refractivity contribution in [2.45, 2.75) is 25.9 Å². The van der Waals surface area contributed by atoms with Gasteiger partial charge in [0, 0.05) is 5.56 Å². The van der Waals surface area contributed by atoms with Gasteiger partial charge in [0.25, 0.3) is 11.9 Å². The van der Waals surface area contributed by atoms with E-state index in [4.69, 9.17) is 0 Å². The van der Waals surface area contributed by atoms with Crippen LogP contribution in [0.5, 0.6) is 0 Å². The molecule has 8 heteroatoms. The van der Waals surface area contributed by atoms with E-state index < -0.39 is 46.4 Å². The van der Waals surface area contributed by atoms with Crippen molar-refractivity contribution < 1.29 is 30.7 Å². The van der Waals surface area contributed by atoms with Crippen LogP contribution < -0.4 is 0 Å². The van der Waals surface area contributed by atoms with Gasteiger partial charge in [-0.3, -0.25) is 0 Å². The van der Waals surface area contributed by atoms with Crippen LogP contribution in [-0.4, -0.2) is 4.98 Å². The van der Waals surface area contributed by atoms with E-state index in [0.29, 0.717) is 6.07 Å². The Balaban J connectivity index is 2.84. The molecule has 0 fully saturated rings. The van der Waals surface area contributed by atoms with Gasteiger partial charge in [-0.15, -0.1) is 0 Å². The Morgan fingerprint density at radius 3 is 1.87 bits per heavy atom. The van der Waals surface area contributed by atoms with E-state index in [0.717, 1.165) is 6.07 Å². The molecule has 0 atom stereocenters. The third-order valence-corrected chi connectivity index (χ3v) is 3.28. The van der Waals surface area contributed by atoms with Crippen LogP contribution in [0.15, 0.2) is 18.2 Å². The van der Waals surface area contributed by atoms with E-state index in [1.807, 2.05) is 0 Å². The molecule has 1 heterocycles. The number of alkyl halides is 3. The molecular weight excluding hydrogens is 327 g/mol. The zero-order chi connectivity index (χ0) is 17.5. The summed E-state index contributed by atoms with van der Waals surface area (Å²) in [5.74, 6) is -8.27. The van der Waals surface area contributed by atoms with Crippen molar-refractivity contribution in [3.8, 4) is 11.1 Å². The van der Waals surface area contributed by atoms with Gasteiger partial charge in [-0.2, -0.15) is 26.9 Å². The number of hydrogen-bond donors (Lipinski definition) is 0. The maximum Gasteiger partial charge on any atom is 0.417 e. The van der Waals surface area contributed by atoms with Crippen molar-refractivity contribution in [2.24, 2.45) is 0 Å². The zero-order valence-electron chi connectivity index (χ0n) is 11.9. The summed E-state index contributed by atoms with van der Waals surface area (Å²) in [5, 5.41) is 0. The number of benzene rings is 1. The van der Waals surface area contributed by atoms with Gasteiger partial charge in [0.05, 0.1) is 11.1 Å². The first-order chi connectivity index (χ1) is 10.5. The van der Waals surface area contributed by atoms with Crippen LogP contribution in [0.25, 0.3) is 11.1 Å². The quantitative estimate of drug-likeness (QED) is 0.525. The monoisotopic (exact) mass is 337 g/mol. The van der Waals surface area contributed by atoms with Crippen molar-refractivity contribution >= 4 is 0 Å². The molecule has 0 aliphatic rings. The van der Waals surface area contributed by atoms with Crippen molar-refractivity contribution in [3.05, 3.63) is 52.9 Å². The van der Waals surface area contributed by atoms with E-state index in [1.54, 1.807) is 13.8 Å². The highest BCUT2D eigenvalue weighted by atomic mass is 19.4. The maximum absolute atomic E-state index is 13.7. The minimum atomic E-state index is -4.96. The van der Waals surface area contributed by atoms with Gasteiger partial charge < -0.3 is 0 Å². The highest BCUT2D eigenvalue weighted by Crippen LogP contribution is 2.40. The molecule has 0 saturated heterocycles. The largest absolute Gasteiger partial charge is 0.417 e. The van der Waals surface area contributed by atoms with Crippen molar-refractivity contribution in [2.75, 3.05) is 0 Å². The number of hydrogen-bond acceptors (Lipinski definition) is 1. The third-order valence-electron chi connectivity index (χ3n) is 3.28. The van der Waals surface area contributed by atoms with Crippen molar-refractivity contribution in [1.82, 2.24) is 4.98 Å². The lowest BCUT2D eigenvalue weighted by Gasteiger charge is -2.17. The van der Waals surface area contributed by atoms with E-state index in [9.17, 15) is 30.7 Å². The summed E-state index contributed by atoms with van der Waals surface area (Å²) < 4.78 is 93.4. The summed E-state index contributed by atoms with van der Waals surface area (Å²) in [6.07, 6.45) is -4.96. The van der Waals surface area contributed by atoms with E-state index in [-0.39, 0.29) is 11.5 Å². The van der Waals surface area contributed by atoms with Crippen LogP contribution in [0, 0.1) is 23.5 Å². The van der Waals surface area contributed by atoms with E-state index in [2.05, 4.69) is 4.98 Å². The fourth-order valence-electron chi connectivity index (χ4n) is 2.10. The van der Waals surface area contributed by atoms with Crippen LogP contribution in [0.1, 0.15) is 30.9 Å². The van der Waals surface area contributed by atoms with Crippen molar-refractivity contribution in [3.63, 3.8) is 0 Å². The molecule has 2 aromatic rings. The molecule has 124 valence electrons. The lowest BCUT2D eigenvalue weighted by atomic mass is 9.93. The molecule has 0 bridgehead atoms. The van der Waals surface area contributed by atoms with Gasteiger partial charge in [-0.1, -0.05) is 26.0 Å². The molecule has 0 amide bonds. The van der Waals surface area contributed by atoms with E-state index in [1.165, 1.54) is 6.07 Å². The van der Waals surface area contributed by atoms with Crippen LogP contribution >= 0.6 is 0 Å². The highest BCUT2D eigenvalue weighted by molar-refractivity contribution is 5.69. The Bertz CT molecular complexity index is 724. The molecule has 23 heavy (non-hydrogen) atoms. The molecule has 2 rings (SSSR count). The SMILES string of the molecule is CC(C)c1ccc(-c2c(F)c(F)nc(F)c2F)c(C(F)(F)F)c1. The number of aromatic nitrogens is 1.